The molecule has 0 aliphatic carbocycles. The topological polar surface area (TPSA) is 72.7 Å². The lowest BCUT2D eigenvalue weighted by Gasteiger charge is -2.05. The van der Waals surface area contributed by atoms with Gasteiger partial charge in [-0.1, -0.05) is 24.3 Å². The van der Waals surface area contributed by atoms with E-state index in [-0.39, 0.29) is 5.91 Å². The SMILES string of the molecule is Cc1nc(-c2cnn(C)c2)sc1C(=O)Nc1cccc(-c2nc3ccccc3s2)c1. The molecule has 0 radical (unpaired) electrons. The highest BCUT2D eigenvalue weighted by Crippen LogP contribution is 2.32. The molecule has 0 aliphatic heterocycles. The Morgan fingerprint density at radius 3 is 2.63 bits per heavy atom. The third-order valence-corrected chi connectivity index (χ3v) is 6.91. The molecule has 8 heteroatoms. The first-order chi connectivity index (χ1) is 14.6. The van der Waals surface area contributed by atoms with Gasteiger partial charge in [0, 0.05) is 30.1 Å². The molecule has 0 fully saturated rings. The Bertz CT molecular complexity index is 1350. The number of fused-ring (bicyclic) bond motifs is 1. The van der Waals surface area contributed by atoms with Crippen molar-refractivity contribution in [1.82, 2.24) is 19.7 Å². The molecular weight excluding hydrogens is 414 g/mol. The molecule has 0 bridgehead atoms. The molecule has 3 heterocycles. The maximum absolute atomic E-state index is 12.9. The molecular formula is C22H17N5OS2. The second kappa shape index (κ2) is 7.47. The normalized spacial score (nSPS) is 11.1. The van der Waals surface area contributed by atoms with Crippen molar-refractivity contribution in [2.24, 2.45) is 7.05 Å². The van der Waals surface area contributed by atoms with E-state index >= 15 is 0 Å². The van der Waals surface area contributed by atoms with Crippen LogP contribution in [0.4, 0.5) is 5.69 Å². The number of aromatic nitrogens is 4. The van der Waals surface area contributed by atoms with Gasteiger partial charge < -0.3 is 5.32 Å². The zero-order chi connectivity index (χ0) is 20.7. The van der Waals surface area contributed by atoms with Gasteiger partial charge in [0.1, 0.15) is 14.9 Å². The number of aryl methyl sites for hydroxylation is 2. The van der Waals surface area contributed by atoms with Crippen LogP contribution >= 0.6 is 22.7 Å². The summed E-state index contributed by atoms with van der Waals surface area (Å²) in [6.45, 7) is 1.85. The van der Waals surface area contributed by atoms with Gasteiger partial charge in [0.25, 0.3) is 5.91 Å². The van der Waals surface area contributed by atoms with Crippen LogP contribution in [0.1, 0.15) is 15.4 Å². The lowest BCUT2D eigenvalue weighted by Crippen LogP contribution is -2.11. The van der Waals surface area contributed by atoms with Crippen LogP contribution in [0.5, 0.6) is 0 Å². The minimum absolute atomic E-state index is 0.165. The van der Waals surface area contributed by atoms with Crippen LogP contribution in [0.2, 0.25) is 0 Å². The number of hydrogen-bond donors (Lipinski definition) is 1. The maximum Gasteiger partial charge on any atom is 0.267 e. The summed E-state index contributed by atoms with van der Waals surface area (Å²) in [4.78, 5) is 22.7. The Morgan fingerprint density at radius 2 is 1.83 bits per heavy atom. The van der Waals surface area contributed by atoms with Gasteiger partial charge in [0.2, 0.25) is 0 Å². The average Bonchev–Trinajstić information content (AvgIpc) is 3.45. The Labute approximate surface area is 180 Å². The summed E-state index contributed by atoms with van der Waals surface area (Å²) in [7, 11) is 1.86. The highest BCUT2D eigenvalue weighted by molar-refractivity contribution is 7.21. The first-order valence-corrected chi connectivity index (χ1v) is 10.9. The highest BCUT2D eigenvalue weighted by atomic mass is 32.1. The van der Waals surface area contributed by atoms with Crippen molar-refractivity contribution in [3.63, 3.8) is 0 Å². The molecule has 3 aromatic heterocycles. The number of anilines is 1. The fourth-order valence-corrected chi connectivity index (χ4v) is 5.07. The Morgan fingerprint density at radius 1 is 1.00 bits per heavy atom. The predicted octanol–water partition coefficient (Wildman–Crippen LogP) is 5.38. The van der Waals surface area contributed by atoms with Crippen LogP contribution in [0.3, 0.4) is 0 Å². The summed E-state index contributed by atoms with van der Waals surface area (Å²) >= 11 is 3.01. The van der Waals surface area contributed by atoms with Gasteiger partial charge in [0.05, 0.1) is 22.1 Å². The first-order valence-electron chi connectivity index (χ1n) is 9.30. The Balaban J connectivity index is 1.40. The van der Waals surface area contributed by atoms with Crippen LogP contribution in [-0.2, 0) is 7.05 Å². The fourth-order valence-electron chi connectivity index (χ4n) is 3.18. The van der Waals surface area contributed by atoms with Crippen LogP contribution in [0.25, 0.3) is 31.4 Å². The quantitative estimate of drug-likeness (QED) is 0.415. The number of nitrogens with one attached hydrogen (secondary N) is 1. The standard InChI is InChI=1S/C22H17N5OS2/c1-13-19(30-22(24-13)15-11-23-27(2)12-15)20(28)25-16-7-5-6-14(10-16)21-26-17-8-3-4-9-18(17)29-21/h3-12H,1-2H3,(H,25,28). The van der Waals surface area contributed by atoms with Gasteiger partial charge in [-0.2, -0.15) is 5.10 Å². The van der Waals surface area contributed by atoms with Crippen molar-refractivity contribution in [3.8, 4) is 21.1 Å². The van der Waals surface area contributed by atoms with E-state index in [1.807, 2.05) is 62.6 Å². The molecule has 0 spiro atoms. The number of benzene rings is 2. The van der Waals surface area contributed by atoms with Crippen molar-refractivity contribution in [2.45, 2.75) is 6.92 Å². The monoisotopic (exact) mass is 431 g/mol. The summed E-state index contributed by atoms with van der Waals surface area (Å²) in [5.41, 5.74) is 4.30. The molecule has 30 heavy (non-hydrogen) atoms. The predicted molar refractivity (Wildman–Crippen MR) is 122 cm³/mol. The molecule has 5 aromatic rings. The minimum atomic E-state index is -0.165. The molecule has 2 aromatic carbocycles. The third kappa shape index (κ3) is 3.51. The van der Waals surface area contributed by atoms with Crippen molar-refractivity contribution in [3.05, 3.63) is 71.5 Å². The van der Waals surface area contributed by atoms with Crippen molar-refractivity contribution in [1.29, 1.82) is 0 Å². The van der Waals surface area contributed by atoms with Crippen LogP contribution in [0.15, 0.2) is 60.9 Å². The summed E-state index contributed by atoms with van der Waals surface area (Å²) < 4.78 is 2.87. The van der Waals surface area contributed by atoms with Gasteiger partial charge in [-0.05, 0) is 31.2 Å². The summed E-state index contributed by atoms with van der Waals surface area (Å²) in [6.07, 6.45) is 3.64. The van der Waals surface area contributed by atoms with E-state index in [0.717, 1.165) is 37.0 Å². The average molecular weight is 432 g/mol. The van der Waals surface area contributed by atoms with Crippen molar-refractivity contribution >= 4 is 44.5 Å². The zero-order valence-corrected chi connectivity index (χ0v) is 17.9. The Kier molecular flexibility index (Phi) is 4.65. The lowest BCUT2D eigenvalue weighted by atomic mass is 10.2. The van der Waals surface area contributed by atoms with Crippen molar-refractivity contribution in [2.75, 3.05) is 5.32 Å². The lowest BCUT2D eigenvalue weighted by molar-refractivity contribution is 0.103. The summed E-state index contributed by atoms with van der Waals surface area (Å²) in [5, 5.41) is 8.89. The molecule has 1 N–H and O–H groups in total. The van der Waals surface area contributed by atoms with E-state index in [2.05, 4.69) is 21.5 Å². The van der Waals surface area contributed by atoms with E-state index < -0.39 is 0 Å². The van der Waals surface area contributed by atoms with Gasteiger partial charge in [0.15, 0.2) is 0 Å². The number of thiazole rings is 2. The number of carbonyl (C=O) groups is 1. The molecule has 6 nitrogen and oxygen atoms in total. The van der Waals surface area contributed by atoms with Crippen LogP contribution in [-0.4, -0.2) is 25.7 Å². The van der Waals surface area contributed by atoms with Crippen LogP contribution in [0, 0.1) is 6.92 Å². The van der Waals surface area contributed by atoms with Gasteiger partial charge >= 0.3 is 0 Å². The molecule has 0 unspecified atom stereocenters. The molecule has 1 amide bonds. The van der Waals surface area contributed by atoms with Gasteiger partial charge in [-0.15, -0.1) is 22.7 Å². The van der Waals surface area contributed by atoms with E-state index in [0.29, 0.717) is 10.6 Å². The molecule has 148 valence electrons. The van der Waals surface area contributed by atoms with Crippen molar-refractivity contribution < 1.29 is 4.79 Å². The second-order valence-corrected chi connectivity index (χ2v) is 8.89. The van der Waals surface area contributed by atoms with E-state index in [4.69, 9.17) is 4.98 Å². The molecule has 0 aliphatic rings. The van der Waals surface area contributed by atoms with E-state index in [1.165, 1.54) is 11.3 Å². The second-order valence-electron chi connectivity index (χ2n) is 6.86. The molecule has 5 rings (SSSR count). The molecule has 0 atom stereocenters. The number of amides is 1. The summed E-state index contributed by atoms with van der Waals surface area (Å²) in [6, 6.07) is 15.8. The fraction of sp³-hybridized carbons (Fsp3) is 0.0909. The smallest absolute Gasteiger partial charge is 0.267 e. The van der Waals surface area contributed by atoms with E-state index in [9.17, 15) is 4.79 Å². The number of hydrogen-bond acceptors (Lipinski definition) is 6. The first kappa shape index (κ1) is 18.7. The zero-order valence-electron chi connectivity index (χ0n) is 16.3. The number of nitrogens with zero attached hydrogens (tertiary/aromatic N) is 4. The third-order valence-electron chi connectivity index (χ3n) is 4.62. The number of carbonyl (C=O) groups excluding carboxylic acids is 1. The molecule has 0 saturated carbocycles. The summed E-state index contributed by atoms with van der Waals surface area (Å²) in [5.74, 6) is -0.165. The van der Waals surface area contributed by atoms with E-state index in [1.54, 1.807) is 22.2 Å². The number of para-hydroxylation sites is 1. The Hall–Kier alpha value is -3.36. The van der Waals surface area contributed by atoms with Crippen LogP contribution < -0.4 is 5.32 Å². The van der Waals surface area contributed by atoms with Gasteiger partial charge in [-0.3, -0.25) is 9.48 Å². The highest BCUT2D eigenvalue weighted by Gasteiger charge is 2.17. The number of rotatable bonds is 4. The van der Waals surface area contributed by atoms with Gasteiger partial charge in [-0.25, -0.2) is 9.97 Å². The minimum Gasteiger partial charge on any atom is -0.321 e. The largest absolute Gasteiger partial charge is 0.321 e. The maximum atomic E-state index is 12.9. The molecule has 0 saturated heterocycles.